The number of fused-ring (bicyclic) bond motifs is 1. The molecule has 0 saturated heterocycles. The second-order valence-corrected chi connectivity index (χ2v) is 9.03. The average Bonchev–Trinajstić information content (AvgIpc) is 3.09. The Hall–Kier alpha value is -1.67. The molecule has 25 heavy (non-hydrogen) atoms. The first kappa shape index (κ1) is 18.1. The molecule has 1 aliphatic heterocycles. The Balaban J connectivity index is 1.71. The van der Waals surface area contributed by atoms with Crippen molar-refractivity contribution in [1.82, 2.24) is 24.1 Å². The summed E-state index contributed by atoms with van der Waals surface area (Å²) in [6, 6.07) is 0. The number of hydrogen-bond acceptors (Lipinski definition) is 4. The molecule has 1 N–H and O–H groups in total. The van der Waals surface area contributed by atoms with Crippen molar-refractivity contribution in [1.29, 1.82) is 0 Å². The van der Waals surface area contributed by atoms with Gasteiger partial charge in [0.05, 0.1) is 11.4 Å². The lowest BCUT2D eigenvalue weighted by Crippen LogP contribution is -2.34. The van der Waals surface area contributed by atoms with Crippen molar-refractivity contribution in [3.63, 3.8) is 0 Å². The van der Waals surface area contributed by atoms with Crippen molar-refractivity contribution < 1.29 is 8.42 Å². The summed E-state index contributed by atoms with van der Waals surface area (Å²) in [5.41, 5.74) is 1.27. The molecule has 138 valence electrons. The highest BCUT2D eigenvalue weighted by atomic mass is 32.2. The summed E-state index contributed by atoms with van der Waals surface area (Å²) in [5, 5.41) is 4.42. The van der Waals surface area contributed by atoms with Gasteiger partial charge in [0.2, 0.25) is 10.0 Å². The molecule has 0 aliphatic carbocycles. The van der Waals surface area contributed by atoms with E-state index in [1.54, 1.807) is 17.8 Å². The molecule has 0 aromatic carbocycles. The molecule has 0 spiro atoms. The first-order chi connectivity index (χ1) is 11.8. The van der Waals surface area contributed by atoms with E-state index in [1.807, 2.05) is 13.1 Å². The van der Waals surface area contributed by atoms with Gasteiger partial charge < -0.3 is 4.57 Å². The van der Waals surface area contributed by atoms with Crippen LogP contribution in [0.15, 0.2) is 17.3 Å². The highest BCUT2D eigenvalue weighted by molar-refractivity contribution is 7.89. The lowest BCUT2D eigenvalue weighted by atomic mass is 10.00. The van der Waals surface area contributed by atoms with Crippen LogP contribution < -0.4 is 4.72 Å². The van der Waals surface area contributed by atoms with Gasteiger partial charge >= 0.3 is 0 Å². The van der Waals surface area contributed by atoms with Crippen LogP contribution in [0, 0.1) is 25.7 Å². The van der Waals surface area contributed by atoms with Crippen molar-refractivity contribution in [2.24, 2.45) is 11.8 Å². The van der Waals surface area contributed by atoms with E-state index < -0.39 is 10.0 Å². The highest BCUT2D eigenvalue weighted by Gasteiger charge is 2.27. The molecule has 8 heteroatoms. The van der Waals surface area contributed by atoms with Crippen LogP contribution >= 0.6 is 0 Å². The maximum atomic E-state index is 12.8. The van der Waals surface area contributed by atoms with Crippen molar-refractivity contribution in [3.8, 4) is 0 Å². The van der Waals surface area contributed by atoms with Crippen molar-refractivity contribution >= 4 is 10.0 Å². The fraction of sp³-hybridized carbons (Fsp3) is 0.647. The molecule has 2 aromatic rings. The molecule has 0 bridgehead atoms. The fourth-order valence-corrected chi connectivity index (χ4v) is 5.02. The van der Waals surface area contributed by atoms with Gasteiger partial charge in [0.1, 0.15) is 10.7 Å². The monoisotopic (exact) mass is 365 g/mol. The Morgan fingerprint density at radius 2 is 2.12 bits per heavy atom. The van der Waals surface area contributed by atoms with Crippen LogP contribution in [0.3, 0.4) is 0 Å². The van der Waals surface area contributed by atoms with Crippen LogP contribution in [0.1, 0.15) is 37.5 Å². The van der Waals surface area contributed by atoms with E-state index in [4.69, 9.17) is 0 Å². The predicted octanol–water partition coefficient (Wildman–Crippen LogP) is 1.89. The molecule has 0 fully saturated rings. The number of imidazole rings is 1. The Morgan fingerprint density at radius 1 is 1.36 bits per heavy atom. The average molecular weight is 366 g/mol. The van der Waals surface area contributed by atoms with Gasteiger partial charge in [-0.25, -0.2) is 18.1 Å². The highest BCUT2D eigenvalue weighted by Crippen LogP contribution is 2.22. The molecular formula is C17H27N5O2S. The Kier molecular flexibility index (Phi) is 5.02. The zero-order chi connectivity index (χ0) is 18.2. The summed E-state index contributed by atoms with van der Waals surface area (Å²) in [7, 11) is -3.56. The minimum absolute atomic E-state index is 0.280. The molecular weight excluding hydrogens is 338 g/mol. The number of aromatic nitrogens is 4. The zero-order valence-electron chi connectivity index (χ0n) is 15.4. The Labute approximate surface area is 149 Å². The number of rotatable bonds is 6. The number of nitrogens with zero attached hydrogens (tertiary/aromatic N) is 4. The Bertz CT molecular complexity index is 851. The molecule has 1 aliphatic rings. The fourth-order valence-electron chi connectivity index (χ4n) is 3.50. The first-order valence-corrected chi connectivity index (χ1v) is 10.3. The molecule has 0 saturated carbocycles. The molecule has 3 rings (SSSR count). The maximum absolute atomic E-state index is 12.8. The summed E-state index contributed by atoms with van der Waals surface area (Å²) in [6.45, 7) is 9.74. The van der Waals surface area contributed by atoms with Gasteiger partial charge in [-0.05, 0) is 32.1 Å². The molecule has 7 nitrogen and oxygen atoms in total. The number of sulfonamides is 1. The van der Waals surface area contributed by atoms with Gasteiger partial charge in [-0.3, -0.25) is 4.68 Å². The number of nitrogens with one attached hydrogen (secondary N) is 1. The first-order valence-electron chi connectivity index (χ1n) is 8.81. The van der Waals surface area contributed by atoms with E-state index in [0.717, 1.165) is 25.2 Å². The summed E-state index contributed by atoms with van der Waals surface area (Å²) in [6.07, 6.45) is 5.60. The summed E-state index contributed by atoms with van der Waals surface area (Å²) >= 11 is 0. The van der Waals surface area contributed by atoms with Gasteiger partial charge in [-0.1, -0.05) is 13.8 Å². The second-order valence-electron chi connectivity index (χ2n) is 7.33. The predicted molar refractivity (Wildman–Crippen MR) is 95.8 cm³/mol. The van der Waals surface area contributed by atoms with Crippen molar-refractivity contribution in [2.45, 2.75) is 58.5 Å². The van der Waals surface area contributed by atoms with E-state index in [0.29, 0.717) is 35.3 Å². The standard InChI is InChI=1S/C17H27N5O2S/c1-12(2)10-22-14(4)17(13(3)20-22)25(23,24)19-9-15-5-6-16-18-7-8-21(16)11-15/h7-8,12,15,19H,5-6,9-11H2,1-4H3/t15-/m0/s1. The normalized spacial score (nSPS) is 17.9. The molecule has 0 radical (unpaired) electrons. The van der Waals surface area contributed by atoms with E-state index in [-0.39, 0.29) is 5.92 Å². The molecule has 2 aromatic heterocycles. The van der Waals surface area contributed by atoms with Gasteiger partial charge in [-0.2, -0.15) is 5.10 Å². The minimum atomic E-state index is -3.56. The largest absolute Gasteiger partial charge is 0.335 e. The second kappa shape index (κ2) is 6.92. The van der Waals surface area contributed by atoms with Crippen LogP contribution in [0.25, 0.3) is 0 Å². The van der Waals surface area contributed by atoms with E-state index in [1.165, 1.54) is 0 Å². The zero-order valence-corrected chi connectivity index (χ0v) is 16.2. The van der Waals surface area contributed by atoms with Crippen LogP contribution in [-0.4, -0.2) is 34.3 Å². The van der Waals surface area contributed by atoms with E-state index in [9.17, 15) is 8.42 Å². The van der Waals surface area contributed by atoms with Gasteiger partial charge in [0, 0.05) is 38.4 Å². The molecule has 0 amide bonds. The molecule has 0 unspecified atom stereocenters. The topological polar surface area (TPSA) is 81.8 Å². The maximum Gasteiger partial charge on any atom is 0.244 e. The number of aryl methyl sites for hydroxylation is 2. The van der Waals surface area contributed by atoms with Gasteiger partial charge in [-0.15, -0.1) is 0 Å². The molecule has 1 atom stereocenters. The van der Waals surface area contributed by atoms with Crippen LogP contribution in [0.5, 0.6) is 0 Å². The summed E-state index contributed by atoms with van der Waals surface area (Å²) in [5.74, 6) is 1.77. The van der Waals surface area contributed by atoms with E-state index in [2.05, 4.69) is 33.2 Å². The van der Waals surface area contributed by atoms with Crippen LogP contribution in [-0.2, 0) is 29.5 Å². The quantitative estimate of drug-likeness (QED) is 0.847. The molecule has 3 heterocycles. The van der Waals surface area contributed by atoms with Gasteiger partial charge in [0.25, 0.3) is 0 Å². The van der Waals surface area contributed by atoms with E-state index >= 15 is 0 Å². The van der Waals surface area contributed by atoms with Crippen molar-refractivity contribution in [3.05, 3.63) is 29.6 Å². The smallest absolute Gasteiger partial charge is 0.244 e. The summed E-state index contributed by atoms with van der Waals surface area (Å²) in [4.78, 5) is 4.64. The van der Waals surface area contributed by atoms with Gasteiger partial charge in [0.15, 0.2) is 0 Å². The minimum Gasteiger partial charge on any atom is -0.335 e. The SMILES string of the molecule is Cc1nn(CC(C)C)c(C)c1S(=O)(=O)NC[C@@H]1CCc2nccn2C1. The summed E-state index contributed by atoms with van der Waals surface area (Å²) < 4.78 is 32.4. The third kappa shape index (κ3) is 3.79. The third-order valence-corrected chi connectivity index (χ3v) is 6.39. The lowest BCUT2D eigenvalue weighted by molar-refractivity contribution is 0.363. The Morgan fingerprint density at radius 3 is 2.84 bits per heavy atom. The number of hydrogen-bond donors (Lipinski definition) is 1. The van der Waals surface area contributed by atoms with Crippen LogP contribution in [0.2, 0.25) is 0 Å². The third-order valence-electron chi connectivity index (χ3n) is 4.72. The lowest BCUT2D eigenvalue weighted by Gasteiger charge is -2.24. The van der Waals surface area contributed by atoms with Crippen LogP contribution in [0.4, 0.5) is 0 Å². The van der Waals surface area contributed by atoms with Crippen molar-refractivity contribution in [2.75, 3.05) is 6.54 Å².